The van der Waals surface area contributed by atoms with Crippen LogP contribution in [0.15, 0.2) is 11.6 Å². The molecule has 46 valence electrons. The maximum atomic E-state index is 5.51. The molecule has 3 heteroatoms. The molecule has 1 aromatic rings. The van der Waals surface area contributed by atoms with E-state index in [9.17, 15) is 0 Å². The number of hydrogen-bond acceptors (Lipinski definition) is 2. The average Bonchev–Trinajstić information content (AvgIpc) is 2.18. The van der Waals surface area contributed by atoms with Crippen molar-refractivity contribution in [1.82, 2.24) is 0 Å². The van der Waals surface area contributed by atoms with Gasteiger partial charge in [0.1, 0.15) is 6.20 Å². The molecule has 0 spiro atoms. The van der Waals surface area contributed by atoms with Gasteiger partial charge in [-0.05, 0) is 0 Å². The van der Waals surface area contributed by atoms with E-state index < -0.39 is 0 Å². The Hall–Kier alpha value is -1.01. The molecule has 2 nitrogen and oxygen atoms in total. The Labute approximate surface area is 57.9 Å². The highest BCUT2D eigenvalue weighted by molar-refractivity contribution is 7.12. The van der Waals surface area contributed by atoms with Crippen molar-refractivity contribution in [2.75, 3.05) is 5.73 Å². The Kier molecular flexibility index (Phi) is 1.71. The number of hydrogen-bond donors (Lipinski definition) is 1. The summed E-state index contributed by atoms with van der Waals surface area (Å²) in [5.41, 5.74) is 5.51. The fraction of sp³-hybridized carbons (Fsp3) is 0.167. The molecule has 0 aromatic carbocycles. The Morgan fingerprint density at radius 2 is 2.67 bits per heavy atom. The van der Waals surface area contributed by atoms with Crippen LogP contribution in [0.4, 0.5) is 5.13 Å². The van der Waals surface area contributed by atoms with Crippen LogP contribution in [0.2, 0.25) is 0 Å². The molecule has 1 aromatic heterocycles. The van der Waals surface area contributed by atoms with Crippen molar-refractivity contribution >= 4 is 16.5 Å². The third kappa shape index (κ3) is 1.21. The number of nitrogens with zero attached hydrogens (tertiary/aromatic N) is 1. The summed E-state index contributed by atoms with van der Waals surface area (Å²) in [4.78, 5) is 0. The van der Waals surface area contributed by atoms with E-state index in [-0.39, 0.29) is 0 Å². The highest BCUT2D eigenvalue weighted by Gasteiger charge is 2.00. The lowest BCUT2D eigenvalue weighted by atomic mass is 10.6. The zero-order valence-electron chi connectivity index (χ0n) is 4.87. The van der Waals surface area contributed by atoms with Crippen LogP contribution in [0, 0.1) is 12.3 Å². The van der Waals surface area contributed by atoms with Gasteiger partial charge in [-0.15, -0.1) is 6.42 Å². The summed E-state index contributed by atoms with van der Waals surface area (Å²) in [6.45, 7) is 0.565. The molecule has 0 amide bonds. The lowest BCUT2D eigenvalue weighted by molar-refractivity contribution is -0.666. The van der Waals surface area contributed by atoms with Gasteiger partial charge in [-0.3, -0.25) is 5.73 Å². The van der Waals surface area contributed by atoms with Crippen LogP contribution >= 0.6 is 11.3 Å². The number of terminal acetylenes is 1. The van der Waals surface area contributed by atoms with Crippen molar-refractivity contribution in [3.05, 3.63) is 11.6 Å². The molecule has 9 heavy (non-hydrogen) atoms. The van der Waals surface area contributed by atoms with Gasteiger partial charge in [-0.25, -0.2) is 4.57 Å². The Morgan fingerprint density at radius 3 is 3.11 bits per heavy atom. The second-order valence-corrected chi connectivity index (χ2v) is 2.50. The van der Waals surface area contributed by atoms with Crippen LogP contribution in [-0.2, 0) is 6.54 Å². The molecule has 0 aliphatic heterocycles. The van der Waals surface area contributed by atoms with Crippen LogP contribution < -0.4 is 10.3 Å². The minimum absolute atomic E-state index is 0.565. The van der Waals surface area contributed by atoms with Crippen LogP contribution in [-0.4, -0.2) is 0 Å². The number of nitrogen functional groups attached to an aromatic ring is 1. The summed E-state index contributed by atoms with van der Waals surface area (Å²) in [5, 5.41) is 2.67. The molecule has 1 heterocycles. The topological polar surface area (TPSA) is 29.9 Å². The van der Waals surface area contributed by atoms with Gasteiger partial charge < -0.3 is 0 Å². The molecule has 0 saturated heterocycles. The van der Waals surface area contributed by atoms with Crippen molar-refractivity contribution in [3.63, 3.8) is 0 Å². The van der Waals surface area contributed by atoms with Gasteiger partial charge in [0.25, 0.3) is 0 Å². The van der Waals surface area contributed by atoms with Crippen LogP contribution in [0.25, 0.3) is 0 Å². The second kappa shape index (κ2) is 2.51. The SMILES string of the molecule is C#CC[n+]1ccsc1N. The van der Waals surface area contributed by atoms with E-state index in [0.29, 0.717) is 6.54 Å². The Bertz CT molecular complexity index is 233. The van der Waals surface area contributed by atoms with Gasteiger partial charge in [-0.2, -0.15) is 0 Å². The van der Waals surface area contributed by atoms with Crippen LogP contribution in [0.5, 0.6) is 0 Å². The van der Waals surface area contributed by atoms with Crippen molar-refractivity contribution in [3.8, 4) is 12.3 Å². The summed E-state index contributed by atoms with van der Waals surface area (Å²) < 4.78 is 1.82. The van der Waals surface area contributed by atoms with Crippen LogP contribution in [0.3, 0.4) is 0 Å². The lowest BCUT2D eigenvalue weighted by Crippen LogP contribution is -2.32. The summed E-state index contributed by atoms with van der Waals surface area (Å²) >= 11 is 1.49. The van der Waals surface area contributed by atoms with Gasteiger partial charge in [0.2, 0.25) is 0 Å². The van der Waals surface area contributed by atoms with Crippen molar-refractivity contribution in [2.45, 2.75) is 6.54 Å². The number of aromatic nitrogens is 1. The van der Waals surface area contributed by atoms with E-state index in [0.717, 1.165) is 5.13 Å². The molecule has 0 bridgehead atoms. The molecule has 0 saturated carbocycles. The van der Waals surface area contributed by atoms with Gasteiger partial charge in [0.15, 0.2) is 6.54 Å². The van der Waals surface area contributed by atoms with E-state index in [1.807, 2.05) is 16.1 Å². The predicted octanol–water partition coefficient (Wildman–Crippen LogP) is 0.251. The number of rotatable bonds is 1. The minimum Gasteiger partial charge on any atom is -0.278 e. The van der Waals surface area contributed by atoms with E-state index in [1.165, 1.54) is 11.3 Å². The van der Waals surface area contributed by atoms with Gasteiger partial charge in [0, 0.05) is 5.38 Å². The zero-order chi connectivity index (χ0) is 6.69. The molecule has 0 atom stereocenters. The first-order chi connectivity index (χ1) is 4.34. The third-order valence-corrected chi connectivity index (χ3v) is 1.71. The summed E-state index contributed by atoms with van der Waals surface area (Å²) in [6.07, 6.45) is 6.94. The van der Waals surface area contributed by atoms with Crippen molar-refractivity contribution in [2.24, 2.45) is 0 Å². The largest absolute Gasteiger partial charge is 0.332 e. The van der Waals surface area contributed by atoms with Gasteiger partial charge in [-0.1, -0.05) is 17.3 Å². The maximum absolute atomic E-state index is 5.51. The highest BCUT2D eigenvalue weighted by atomic mass is 32.1. The average molecular weight is 139 g/mol. The minimum atomic E-state index is 0.565. The summed E-state index contributed by atoms with van der Waals surface area (Å²) in [7, 11) is 0. The van der Waals surface area contributed by atoms with Gasteiger partial charge >= 0.3 is 5.13 Å². The Balaban J connectivity index is 2.84. The number of nitrogens with two attached hydrogens (primary N) is 1. The molecule has 2 N–H and O–H groups in total. The van der Waals surface area contributed by atoms with E-state index in [4.69, 9.17) is 12.2 Å². The zero-order valence-corrected chi connectivity index (χ0v) is 5.69. The van der Waals surface area contributed by atoms with E-state index in [2.05, 4.69) is 5.92 Å². The standard InChI is InChI=1S/C6H6N2S/c1-2-3-8-4-5-9-6(8)7/h1,4-5,7H,3H2/p+1. The monoisotopic (exact) mass is 139 g/mol. The van der Waals surface area contributed by atoms with Crippen molar-refractivity contribution in [1.29, 1.82) is 0 Å². The van der Waals surface area contributed by atoms with Crippen molar-refractivity contribution < 1.29 is 4.57 Å². The first-order valence-electron chi connectivity index (χ1n) is 2.50. The molecule has 0 radical (unpaired) electrons. The maximum Gasteiger partial charge on any atom is 0.332 e. The fourth-order valence-electron chi connectivity index (χ4n) is 0.544. The molecular formula is C6H7N2S+. The quantitative estimate of drug-likeness (QED) is 0.438. The molecule has 0 unspecified atom stereocenters. The van der Waals surface area contributed by atoms with E-state index in [1.54, 1.807) is 0 Å². The summed E-state index contributed by atoms with van der Waals surface area (Å²) in [5.74, 6) is 2.50. The normalized spacial score (nSPS) is 8.78. The van der Waals surface area contributed by atoms with E-state index >= 15 is 0 Å². The number of anilines is 1. The second-order valence-electron chi connectivity index (χ2n) is 1.57. The Morgan fingerprint density at radius 1 is 1.89 bits per heavy atom. The third-order valence-electron chi connectivity index (χ3n) is 0.974. The number of thiazole rings is 1. The first kappa shape index (κ1) is 6.12. The van der Waals surface area contributed by atoms with Gasteiger partial charge in [0.05, 0.1) is 0 Å². The fourth-order valence-corrected chi connectivity index (χ4v) is 1.15. The molecule has 0 aliphatic carbocycles. The molecular weight excluding hydrogens is 132 g/mol. The lowest BCUT2D eigenvalue weighted by Gasteiger charge is -1.85. The first-order valence-corrected chi connectivity index (χ1v) is 3.38. The molecule has 0 fully saturated rings. The predicted molar refractivity (Wildman–Crippen MR) is 37.8 cm³/mol. The molecule has 1 rings (SSSR count). The highest BCUT2D eigenvalue weighted by Crippen LogP contribution is 2.01. The summed E-state index contributed by atoms with van der Waals surface area (Å²) in [6, 6.07) is 0. The smallest absolute Gasteiger partial charge is 0.278 e. The van der Waals surface area contributed by atoms with Crippen LogP contribution in [0.1, 0.15) is 0 Å². The molecule has 0 aliphatic rings.